The second-order valence-corrected chi connectivity index (χ2v) is 6.10. The molecule has 0 bridgehead atoms. The van der Waals surface area contributed by atoms with E-state index in [1.807, 2.05) is 0 Å². The van der Waals surface area contributed by atoms with Crippen LogP contribution in [0, 0.1) is 11.8 Å². The minimum absolute atomic E-state index is 0.286. The highest BCUT2D eigenvalue weighted by molar-refractivity contribution is 5.29. The van der Waals surface area contributed by atoms with Crippen LogP contribution in [-0.2, 0) is 6.42 Å². The second kappa shape index (κ2) is 4.16. The molecule has 17 heavy (non-hydrogen) atoms. The third-order valence-electron chi connectivity index (χ3n) is 5.17. The Morgan fingerprint density at radius 3 is 2.76 bits per heavy atom. The van der Waals surface area contributed by atoms with Gasteiger partial charge in [-0.3, -0.25) is 0 Å². The van der Waals surface area contributed by atoms with E-state index < -0.39 is 0 Å². The van der Waals surface area contributed by atoms with Crippen LogP contribution in [0.4, 0.5) is 0 Å². The van der Waals surface area contributed by atoms with Crippen molar-refractivity contribution in [1.82, 2.24) is 4.57 Å². The van der Waals surface area contributed by atoms with Crippen molar-refractivity contribution in [2.75, 3.05) is 0 Å². The van der Waals surface area contributed by atoms with Gasteiger partial charge in [-0.05, 0) is 55.6 Å². The summed E-state index contributed by atoms with van der Waals surface area (Å²) < 4.78 is 2.56. The first-order valence-corrected chi connectivity index (χ1v) is 7.13. The van der Waals surface area contributed by atoms with E-state index in [1.165, 1.54) is 36.9 Å². The Bertz CT molecular complexity index is 407. The van der Waals surface area contributed by atoms with Crippen LogP contribution in [0.2, 0.25) is 0 Å². The average Bonchev–Trinajstić information content (AvgIpc) is 2.86. The fourth-order valence-electron chi connectivity index (χ4n) is 3.79. The summed E-state index contributed by atoms with van der Waals surface area (Å²) in [5.41, 5.74) is 9.16. The molecule has 0 aliphatic heterocycles. The van der Waals surface area contributed by atoms with Gasteiger partial charge >= 0.3 is 0 Å². The fraction of sp³-hybridized carbons (Fsp3) is 0.733. The van der Waals surface area contributed by atoms with Crippen LogP contribution >= 0.6 is 0 Å². The zero-order valence-corrected chi connectivity index (χ0v) is 11.0. The van der Waals surface area contributed by atoms with Gasteiger partial charge in [0.1, 0.15) is 0 Å². The molecular formula is C15H24N2. The molecule has 0 aromatic carbocycles. The largest absolute Gasteiger partial charge is 0.348 e. The average molecular weight is 232 g/mol. The highest BCUT2D eigenvalue weighted by atomic mass is 15.0. The molecule has 3 rings (SSSR count). The summed E-state index contributed by atoms with van der Waals surface area (Å²) in [4.78, 5) is 0. The van der Waals surface area contributed by atoms with Crippen LogP contribution in [-0.4, -0.2) is 4.57 Å². The highest BCUT2D eigenvalue weighted by Crippen LogP contribution is 2.42. The van der Waals surface area contributed by atoms with E-state index in [9.17, 15) is 0 Å². The monoisotopic (exact) mass is 232 g/mol. The summed E-state index contributed by atoms with van der Waals surface area (Å²) in [5, 5.41) is 0. The zero-order valence-electron chi connectivity index (χ0n) is 11.0. The molecule has 2 heteroatoms. The first-order valence-electron chi connectivity index (χ1n) is 7.13. The van der Waals surface area contributed by atoms with Gasteiger partial charge in [-0.15, -0.1) is 0 Å². The third-order valence-corrected chi connectivity index (χ3v) is 5.17. The standard InChI is InChI=1S/C15H24N2/c1-10-6-7-14(11(10)2)17-9-8-12-13(16)4-3-5-15(12)17/h8-11,13-14H,3-7,16H2,1-2H3. The summed E-state index contributed by atoms with van der Waals surface area (Å²) in [7, 11) is 0. The number of rotatable bonds is 1. The molecule has 0 radical (unpaired) electrons. The predicted octanol–water partition coefficient (Wildman–Crippen LogP) is 3.43. The molecule has 2 N–H and O–H groups in total. The van der Waals surface area contributed by atoms with Gasteiger partial charge in [0.25, 0.3) is 0 Å². The molecule has 1 heterocycles. The van der Waals surface area contributed by atoms with Crippen LogP contribution in [0.1, 0.15) is 62.9 Å². The van der Waals surface area contributed by atoms with E-state index in [-0.39, 0.29) is 6.04 Å². The van der Waals surface area contributed by atoms with Gasteiger partial charge in [0.05, 0.1) is 0 Å². The van der Waals surface area contributed by atoms with E-state index in [1.54, 1.807) is 0 Å². The zero-order chi connectivity index (χ0) is 12.0. The Balaban J connectivity index is 1.94. The maximum absolute atomic E-state index is 6.21. The van der Waals surface area contributed by atoms with Crippen molar-refractivity contribution in [3.05, 3.63) is 23.5 Å². The smallest absolute Gasteiger partial charge is 0.0361 e. The van der Waals surface area contributed by atoms with Crippen LogP contribution in [0.25, 0.3) is 0 Å². The lowest BCUT2D eigenvalue weighted by molar-refractivity contribution is 0.343. The van der Waals surface area contributed by atoms with Crippen LogP contribution < -0.4 is 5.73 Å². The lowest BCUT2D eigenvalue weighted by Crippen LogP contribution is -2.21. The number of nitrogens with zero attached hydrogens (tertiary/aromatic N) is 1. The topological polar surface area (TPSA) is 30.9 Å². The first kappa shape index (κ1) is 11.3. The number of hydrogen-bond acceptors (Lipinski definition) is 1. The number of hydrogen-bond donors (Lipinski definition) is 1. The fourth-order valence-corrected chi connectivity index (χ4v) is 3.79. The predicted molar refractivity (Wildman–Crippen MR) is 70.9 cm³/mol. The van der Waals surface area contributed by atoms with Crippen molar-refractivity contribution in [3.63, 3.8) is 0 Å². The molecule has 1 saturated carbocycles. The van der Waals surface area contributed by atoms with Gasteiger partial charge in [0.15, 0.2) is 0 Å². The molecule has 2 aliphatic rings. The van der Waals surface area contributed by atoms with E-state index >= 15 is 0 Å². The summed E-state index contributed by atoms with van der Waals surface area (Å²) in [5.74, 6) is 1.68. The van der Waals surface area contributed by atoms with Crippen molar-refractivity contribution in [3.8, 4) is 0 Å². The van der Waals surface area contributed by atoms with Crippen LogP contribution in [0.15, 0.2) is 12.3 Å². The van der Waals surface area contributed by atoms with Gasteiger partial charge < -0.3 is 10.3 Å². The summed E-state index contributed by atoms with van der Waals surface area (Å²) in [6, 6.07) is 3.28. The molecular weight excluding hydrogens is 208 g/mol. The molecule has 0 amide bonds. The molecule has 1 aromatic heterocycles. The molecule has 2 aliphatic carbocycles. The molecule has 2 nitrogen and oxygen atoms in total. The Morgan fingerprint density at radius 2 is 2.06 bits per heavy atom. The Labute approximate surface area is 104 Å². The Kier molecular flexibility index (Phi) is 2.78. The van der Waals surface area contributed by atoms with E-state index in [2.05, 4.69) is 30.7 Å². The van der Waals surface area contributed by atoms with E-state index in [0.29, 0.717) is 0 Å². The summed E-state index contributed by atoms with van der Waals surface area (Å²) >= 11 is 0. The first-order chi connectivity index (χ1) is 8.18. The summed E-state index contributed by atoms with van der Waals surface area (Å²) in [6.45, 7) is 4.81. The maximum Gasteiger partial charge on any atom is 0.0361 e. The number of fused-ring (bicyclic) bond motifs is 1. The minimum atomic E-state index is 0.286. The molecule has 94 valence electrons. The van der Waals surface area contributed by atoms with Gasteiger partial charge in [-0.1, -0.05) is 13.8 Å². The van der Waals surface area contributed by atoms with Gasteiger partial charge in [0, 0.05) is 24.0 Å². The molecule has 1 fully saturated rings. The molecule has 1 aromatic rings. The van der Waals surface area contributed by atoms with E-state index in [4.69, 9.17) is 5.73 Å². The van der Waals surface area contributed by atoms with Crippen LogP contribution in [0.3, 0.4) is 0 Å². The lowest BCUT2D eigenvalue weighted by Gasteiger charge is -2.26. The summed E-state index contributed by atoms with van der Waals surface area (Å²) in [6.07, 6.45) is 8.68. The van der Waals surface area contributed by atoms with Gasteiger partial charge in [-0.2, -0.15) is 0 Å². The van der Waals surface area contributed by atoms with Gasteiger partial charge in [0.2, 0.25) is 0 Å². The lowest BCUT2D eigenvalue weighted by atomic mass is 9.92. The number of aromatic nitrogens is 1. The number of nitrogens with two attached hydrogens (primary N) is 1. The SMILES string of the molecule is CC1CCC(n2ccc3c2CCCC3N)C1C. The Hall–Kier alpha value is -0.760. The molecule has 4 atom stereocenters. The molecule has 0 spiro atoms. The maximum atomic E-state index is 6.21. The van der Waals surface area contributed by atoms with Crippen LogP contribution in [0.5, 0.6) is 0 Å². The normalized spacial score (nSPS) is 37.1. The quantitative estimate of drug-likeness (QED) is 0.790. The minimum Gasteiger partial charge on any atom is -0.348 e. The van der Waals surface area contributed by atoms with Crippen molar-refractivity contribution < 1.29 is 0 Å². The molecule has 4 unspecified atom stereocenters. The Morgan fingerprint density at radius 1 is 1.24 bits per heavy atom. The van der Waals surface area contributed by atoms with Crippen molar-refractivity contribution in [1.29, 1.82) is 0 Å². The third kappa shape index (κ3) is 1.74. The second-order valence-electron chi connectivity index (χ2n) is 6.10. The van der Waals surface area contributed by atoms with Gasteiger partial charge in [-0.25, -0.2) is 0 Å². The molecule has 0 saturated heterocycles. The van der Waals surface area contributed by atoms with Crippen molar-refractivity contribution >= 4 is 0 Å². The van der Waals surface area contributed by atoms with Crippen molar-refractivity contribution in [2.24, 2.45) is 17.6 Å². The highest BCUT2D eigenvalue weighted by Gasteiger charge is 2.33. The van der Waals surface area contributed by atoms with E-state index in [0.717, 1.165) is 24.3 Å². The van der Waals surface area contributed by atoms with Crippen molar-refractivity contribution in [2.45, 2.75) is 58.0 Å².